The molecule has 0 radical (unpaired) electrons. The van der Waals surface area contributed by atoms with E-state index in [9.17, 15) is 5.11 Å². The van der Waals surface area contributed by atoms with Crippen LogP contribution in [0.5, 0.6) is 0 Å². The quantitative estimate of drug-likeness (QED) is 0.818. The van der Waals surface area contributed by atoms with Crippen LogP contribution in [0.3, 0.4) is 0 Å². The largest absolute Gasteiger partial charge is 0.396 e. The maximum absolute atomic E-state index is 9.26. The average molecular weight is 235 g/mol. The summed E-state index contributed by atoms with van der Waals surface area (Å²) in [6, 6.07) is 2.00. The second-order valence-corrected chi connectivity index (χ2v) is 4.76. The molecule has 17 heavy (non-hydrogen) atoms. The van der Waals surface area contributed by atoms with Crippen molar-refractivity contribution >= 4 is 5.82 Å². The van der Waals surface area contributed by atoms with E-state index < -0.39 is 0 Å². The van der Waals surface area contributed by atoms with Crippen molar-refractivity contribution in [3.8, 4) is 0 Å². The summed E-state index contributed by atoms with van der Waals surface area (Å²) in [6.45, 7) is 3.31. The van der Waals surface area contributed by atoms with Gasteiger partial charge in [0.2, 0.25) is 0 Å². The molecule has 94 valence electrons. The molecule has 4 nitrogen and oxygen atoms in total. The van der Waals surface area contributed by atoms with Crippen molar-refractivity contribution in [3.05, 3.63) is 18.1 Å². The van der Waals surface area contributed by atoms with Gasteiger partial charge in [0.25, 0.3) is 0 Å². The number of anilines is 1. The van der Waals surface area contributed by atoms with Gasteiger partial charge in [-0.3, -0.25) is 0 Å². The van der Waals surface area contributed by atoms with Gasteiger partial charge < -0.3 is 10.4 Å². The first-order valence-corrected chi connectivity index (χ1v) is 6.49. The van der Waals surface area contributed by atoms with E-state index in [1.54, 1.807) is 6.33 Å². The Morgan fingerprint density at radius 3 is 2.94 bits per heavy atom. The number of nitrogens with zero attached hydrogens (tertiary/aromatic N) is 2. The van der Waals surface area contributed by atoms with Gasteiger partial charge in [-0.25, -0.2) is 9.97 Å². The van der Waals surface area contributed by atoms with E-state index in [1.807, 2.05) is 6.07 Å². The van der Waals surface area contributed by atoms with Gasteiger partial charge in [-0.05, 0) is 31.1 Å². The standard InChI is InChI=1S/C13H21N3O/c1-2-12-6-13(16-9-15-12)14-7-10-4-3-5-11(10)8-17/h6,9-11,17H,2-5,7-8H2,1H3,(H,14,15,16). The van der Waals surface area contributed by atoms with E-state index in [0.29, 0.717) is 18.4 Å². The highest BCUT2D eigenvalue weighted by molar-refractivity contribution is 5.34. The van der Waals surface area contributed by atoms with Crippen LogP contribution in [0.4, 0.5) is 5.82 Å². The minimum absolute atomic E-state index is 0.316. The first kappa shape index (κ1) is 12.3. The van der Waals surface area contributed by atoms with Gasteiger partial charge in [-0.15, -0.1) is 0 Å². The van der Waals surface area contributed by atoms with Crippen molar-refractivity contribution in [1.29, 1.82) is 0 Å². The molecule has 0 aromatic carbocycles. The molecule has 1 heterocycles. The summed E-state index contributed by atoms with van der Waals surface area (Å²) in [7, 11) is 0. The van der Waals surface area contributed by atoms with E-state index in [0.717, 1.165) is 30.9 Å². The number of aryl methyl sites for hydroxylation is 1. The van der Waals surface area contributed by atoms with Crippen LogP contribution in [-0.4, -0.2) is 28.2 Å². The Morgan fingerprint density at radius 1 is 1.35 bits per heavy atom. The Bertz CT molecular complexity index is 356. The topological polar surface area (TPSA) is 58.0 Å². The normalized spacial score (nSPS) is 23.9. The zero-order valence-electron chi connectivity index (χ0n) is 10.4. The molecule has 2 atom stereocenters. The van der Waals surface area contributed by atoms with E-state index in [4.69, 9.17) is 0 Å². The molecule has 1 aliphatic carbocycles. The van der Waals surface area contributed by atoms with E-state index in [2.05, 4.69) is 22.2 Å². The molecule has 1 aliphatic rings. The number of rotatable bonds is 5. The fourth-order valence-corrected chi connectivity index (χ4v) is 2.55. The van der Waals surface area contributed by atoms with Gasteiger partial charge >= 0.3 is 0 Å². The third-order valence-corrected chi connectivity index (χ3v) is 3.68. The molecule has 2 rings (SSSR count). The van der Waals surface area contributed by atoms with Crippen LogP contribution >= 0.6 is 0 Å². The summed E-state index contributed by atoms with van der Waals surface area (Å²) >= 11 is 0. The molecule has 1 saturated carbocycles. The first-order chi connectivity index (χ1) is 8.33. The number of nitrogens with one attached hydrogen (secondary N) is 1. The first-order valence-electron chi connectivity index (χ1n) is 6.49. The summed E-state index contributed by atoms with van der Waals surface area (Å²) < 4.78 is 0. The summed E-state index contributed by atoms with van der Waals surface area (Å²) in [5.41, 5.74) is 1.06. The lowest BCUT2D eigenvalue weighted by atomic mass is 9.97. The van der Waals surface area contributed by atoms with Gasteiger partial charge in [-0.2, -0.15) is 0 Å². The molecule has 1 fully saturated rings. The van der Waals surface area contributed by atoms with Crippen molar-refractivity contribution in [3.63, 3.8) is 0 Å². The average Bonchev–Trinajstić information content (AvgIpc) is 2.84. The predicted molar refractivity (Wildman–Crippen MR) is 67.8 cm³/mol. The maximum Gasteiger partial charge on any atom is 0.129 e. The van der Waals surface area contributed by atoms with Crippen LogP contribution in [0.15, 0.2) is 12.4 Å². The number of aliphatic hydroxyl groups excluding tert-OH is 1. The van der Waals surface area contributed by atoms with Crippen LogP contribution in [0, 0.1) is 11.8 Å². The highest BCUT2D eigenvalue weighted by Gasteiger charge is 2.26. The molecule has 0 amide bonds. The highest BCUT2D eigenvalue weighted by atomic mass is 16.3. The fourth-order valence-electron chi connectivity index (χ4n) is 2.55. The molecule has 4 heteroatoms. The zero-order valence-corrected chi connectivity index (χ0v) is 10.4. The summed E-state index contributed by atoms with van der Waals surface area (Å²) in [5.74, 6) is 1.95. The van der Waals surface area contributed by atoms with Gasteiger partial charge in [0, 0.05) is 24.9 Å². The number of hydrogen-bond acceptors (Lipinski definition) is 4. The molecule has 0 aliphatic heterocycles. The second kappa shape index (κ2) is 5.96. The van der Waals surface area contributed by atoms with E-state index >= 15 is 0 Å². The molecule has 1 aromatic rings. The van der Waals surface area contributed by atoms with Gasteiger partial charge in [0.15, 0.2) is 0 Å². The fraction of sp³-hybridized carbons (Fsp3) is 0.692. The molecule has 2 N–H and O–H groups in total. The SMILES string of the molecule is CCc1cc(NCC2CCCC2CO)ncn1. The van der Waals surface area contributed by atoms with Crippen LogP contribution in [-0.2, 0) is 6.42 Å². The predicted octanol–water partition coefficient (Wildman–Crippen LogP) is 1.86. The molecule has 0 spiro atoms. The Hall–Kier alpha value is -1.16. The third kappa shape index (κ3) is 3.16. The molecular formula is C13H21N3O. The minimum Gasteiger partial charge on any atom is -0.396 e. The Morgan fingerprint density at radius 2 is 2.18 bits per heavy atom. The molecule has 0 saturated heterocycles. The Kier molecular flexibility index (Phi) is 4.31. The number of aliphatic hydroxyl groups is 1. The molecule has 2 unspecified atom stereocenters. The van der Waals surface area contributed by atoms with Crippen LogP contribution < -0.4 is 5.32 Å². The molecular weight excluding hydrogens is 214 g/mol. The number of aromatic nitrogens is 2. The van der Waals surface area contributed by atoms with Crippen molar-refractivity contribution < 1.29 is 5.11 Å². The maximum atomic E-state index is 9.26. The zero-order chi connectivity index (χ0) is 12.1. The van der Waals surface area contributed by atoms with Crippen molar-refractivity contribution in [2.24, 2.45) is 11.8 Å². The van der Waals surface area contributed by atoms with Crippen molar-refractivity contribution in [2.75, 3.05) is 18.5 Å². The van der Waals surface area contributed by atoms with Crippen LogP contribution in [0.25, 0.3) is 0 Å². The third-order valence-electron chi connectivity index (χ3n) is 3.68. The Balaban J connectivity index is 1.88. The summed E-state index contributed by atoms with van der Waals surface area (Å²) in [6.07, 6.45) is 6.15. The second-order valence-electron chi connectivity index (χ2n) is 4.76. The van der Waals surface area contributed by atoms with E-state index in [1.165, 1.54) is 12.8 Å². The van der Waals surface area contributed by atoms with Gasteiger partial charge in [-0.1, -0.05) is 13.3 Å². The van der Waals surface area contributed by atoms with Gasteiger partial charge in [0.1, 0.15) is 12.1 Å². The summed E-state index contributed by atoms with van der Waals surface area (Å²) in [5, 5.41) is 12.6. The van der Waals surface area contributed by atoms with Gasteiger partial charge in [0.05, 0.1) is 0 Å². The molecule has 0 bridgehead atoms. The van der Waals surface area contributed by atoms with E-state index in [-0.39, 0.29) is 0 Å². The smallest absolute Gasteiger partial charge is 0.129 e. The van der Waals surface area contributed by atoms with Crippen molar-refractivity contribution in [2.45, 2.75) is 32.6 Å². The highest BCUT2D eigenvalue weighted by Crippen LogP contribution is 2.31. The monoisotopic (exact) mass is 235 g/mol. The Labute approximate surface area is 102 Å². The summed E-state index contributed by atoms with van der Waals surface area (Å²) in [4.78, 5) is 8.39. The molecule has 1 aromatic heterocycles. The lowest BCUT2D eigenvalue weighted by Crippen LogP contribution is -2.21. The number of hydrogen-bond donors (Lipinski definition) is 2. The minimum atomic E-state index is 0.316. The lowest BCUT2D eigenvalue weighted by Gasteiger charge is -2.18. The lowest BCUT2D eigenvalue weighted by molar-refractivity contribution is 0.199. The van der Waals surface area contributed by atoms with Crippen LogP contribution in [0.2, 0.25) is 0 Å². The van der Waals surface area contributed by atoms with Crippen LogP contribution in [0.1, 0.15) is 31.9 Å². The van der Waals surface area contributed by atoms with Crippen molar-refractivity contribution in [1.82, 2.24) is 9.97 Å².